The summed E-state index contributed by atoms with van der Waals surface area (Å²) < 4.78 is 42.8. The molecule has 1 heterocycles. The van der Waals surface area contributed by atoms with Crippen molar-refractivity contribution >= 4 is 27.8 Å². The van der Waals surface area contributed by atoms with E-state index < -0.39 is 44.7 Å². The molecule has 1 aliphatic heterocycles. The van der Waals surface area contributed by atoms with E-state index in [2.05, 4.69) is 4.99 Å². The van der Waals surface area contributed by atoms with Crippen molar-refractivity contribution < 1.29 is 37.5 Å². The number of nitro groups is 1. The number of carbonyl (C=O) groups excluding carboxylic acids is 1. The van der Waals surface area contributed by atoms with Crippen molar-refractivity contribution in [3.05, 3.63) is 33.9 Å². The number of hydrogen-bond donors (Lipinski definition) is 1. The van der Waals surface area contributed by atoms with Gasteiger partial charge in [-0.1, -0.05) is 0 Å². The highest BCUT2D eigenvalue weighted by Gasteiger charge is 2.45. The number of nitrogens with zero attached hydrogens (tertiary/aromatic N) is 4. The first-order valence-electron chi connectivity index (χ1n) is 10.2. The Kier molecular flexibility index (Phi) is 8.11. The molecule has 13 nitrogen and oxygen atoms in total. The first-order valence-corrected chi connectivity index (χ1v) is 11.8. The lowest BCUT2D eigenvalue weighted by Crippen LogP contribution is -2.56. The third kappa shape index (κ3) is 6.33. The molecule has 14 heteroatoms. The van der Waals surface area contributed by atoms with Crippen molar-refractivity contribution in [3.8, 4) is 5.75 Å². The minimum Gasteiger partial charge on any atom is -0.508 e. The Labute approximate surface area is 198 Å². The maximum Gasteiger partial charge on any atom is 0.419 e. The Morgan fingerprint density at radius 1 is 1.35 bits per heavy atom. The number of sulfonamides is 1. The third-order valence-corrected chi connectivity index (χ3v) is 6.71. The van der Waals surface area contributed by atoms with Crippen LogP contribution < -0.4 is 0 Å². The molecule has 0 unspecified atom stereocenters. The SMILES string of the molecule is COCCOCN(C(=O)OC(C)(C)C)C1=N[C@](C)(c2cc([N+](=O)[O-])ccc2O)CS(=O)(=O)N1C. The Morgan fingerprint density at radius 2 is 2.00 bits per heavy atom. The van der Waals surface area contributed by atoms with Gasteiger partial charge in [-0.2, -0.15) is 0 Å². The minimum atomic E-state index is -4.08. The standard InChI is InChI=1S/C20H30N4O9S/c1-19(2,3)33-18(26)23(13-32-10-9-31-6)17-21-20(4,12-34(29,30)22(17)5)15-11-14(24(27)28)7-8-16(15)25/h7-8,11,25H,9-10,12-13H2,1-6H3/t20-/m0/s1. The zero-order valence-corrected chi connectivity index (χ0v) is 20.8. The van der Waals surface area contributed by atoms with Gasteiger partial charge in [-0.15, -0.1) is 0 Å². The number of amides is 1. The minimum absolute atomic E-state index is 0.0830. The van der Waals surface area contributed by atoms with Gasteiger partial charge in [0.15, 0.2) is 0 Å². The molecule has 0 fully saturated rings. The maximum absolute atomic E-state index is 13.1. The Balaban J connectivity index is 2.64. The average Bonchev–Trinajstić information content (AvgIpc) is 2.69. The van der Waals surface area contributed by atoms with Crippen LogP contribution >= 0.6 is 0 Å². The lowest BCUT2D eigenvalue weighted by molar-refractivity contribution is -0.385. The highest BCUT2D eigenvalue weighted by atomic mass is 32.2. The fourth-order valence-electron chi connectivity index (χ4n) is 3.14. The molecule has 34 heavy (non-hydrogen) atoms. The number of benzene rings is 1. The molecule has 0 spiro atoms. The van der Waals surface area contributed by atoms with Crippen molar-refractivity contribution in [1.82, 2.24) is 9.21 Å². The number of carbonyl (C=O) groups is 1. The van der Waals surface area contributed by atoms with Crippen LogP contribution in [0.1, 0.15) is 33.3 Å². The molecule has 0 radical (unpaired) electrons. The van der Waals surface area contributed by atoms with Gasteiger partial charge in [0.2, 0.25) is 16.0 Å². The predicted molar refractivity (Wildman–Crippen MR) is 122 cm³/mol. The van der Waals surface area contributed by atoms with E-state index in [1.807, 2.05) is 0 Å². The number of aliphatic imine (C=N–C) groups is 1. The summed E-state index contributed by atoms with van der Waals surface area (Å²) in [7, 11) is -1.40. The Morgan fingerprint density at radius 3 is 2.56 bits per heavy atom. The van der Waals surface area contributed by atoms with Crippen LogP contribution in [0.2, 0.25) is 0 Å². The average molecular weight is 503 g/mol. The summed E-state index contributed by atoms with van der Waals surface area (Å²) >= 11 is 0. The van der Waals surface area contributed by atoms with Gasteiger partial charge in [-0.3, -0.25) is 10.1 Å². The number of aromatic hydroxyl groups is 1. The van der Waals surface area contributed by atoms with Crippen LogP contribution in [-0.2, 0) is 29.8 Å². The van der Waals surface area contributed by atoms with Crippen LogP contribution in [0.4, 0.5) is 10.5 Å². The summed E-state index contributed by atoms with van der Waals surface area (Å²) in [6.07, 6.45) is -0.918. The number of methoxy groups -OCH3 is 1. The molecule has 1 aromatic rings. The first kappa shape index (κ1) is 27.3. The predicted octanol–water partition coefficient (Wildman–Crippen LogP) is 2.00. The summed E-state index contributed by atoms with van der Waals surface area (Å²) in [6, 6.07) is 3.25. The topological polar surface area (TPSA) is 161 Å². The second-order valence-corrected chi connectivity index (χ2v) is 10.8. The number of hydrogen-bond acceptors (Lipinski definition) is 10. The van der Waals surface area contributed by atoms with Crippen LogP contribution in [0.25, 0.3) is 0 Å². The lowest BCUT2D eigenvalue weighted by Gasteiger charge is -2.39. The van der Waals surface area contributed by atoms with E-state index in [1.165, 1.54) is 21.1 Å². The lowest BCUT2D eigenvalue weighted by atomic mass is 9.93. The molecule has 1 N–H and O–H groups in total. The van der Waals surface area contributed by atoms with Crippen LogP contribution in [0, 0.1) is 10.1 Å². The van der Waals surface area contributed by atoms with Crippen molar-refractivity contribution in [2.45, 2.75) is 38.8 Å². The summed E-state index contributed by atoms with van der Waals surface area (Å²) in [4.78, 5) is 29.0. The monoisotopic (exact) mass is 502 g/mol. The molecule has 2 rings (SSSR count). The third-order valence-electron chi connectivity index (χ3n) is 4.79. The van der Waals surface area contributed by atoms with E-state index in [1.54, 1.807) is 20.8 Å². The Bertz CT molecular complexity index is 1070. The Hall–Kier alpha value is -2.97. The van der Waals surface area contributed by atoms with Gasteiger partial charge >= 0.3 is 6.09 Å². The fourth-order valence-corrected chi connectivity index (χ4v) is 4.66. The molecule has 0 saturated carbocycles. The van der Waals surface area contributed by atoms with E-state index in [4.69, 9.17) is 14.2 Å². The van der Waals surface area contributed by atoms with E-state index in [0.29, 0.717) is 0 Å². The molecule has 0 aromatic heterocycles. The fraction of sp³-hybridized carbons (Fsp3) is 0.600. The molecular formula is C20H30N4O9S. The number of non-ortho nitro benzene ring substituents is 1. The number of rotatable bonds is 7. The van der Waals surface area contributed by atoms with Crippen molar-refractivity contribution in [2.24, 2.45) is 4.99 Å². The molecule has 190 valence electrons. The largest absolute Gasteiger partial charge is 0.508 e. The van der Waals surface area contributed by atoms with Crippen molar-refractivity contribution in [2.75, 3.05) is 39.9 Å². The maximum atomic E-state index is 13.1. The van der Waals surface area contributed by atoms with Crippen LogP contribution in [0.3, 0.4) is 0 Å². The van der Waals surface area contributed by atoms with Crippen LogP contribution in [-0.4, -0.2) is 85.2 Å². The smallest absolute Gasteiger partial charge is 0.419 e. The molecule has 0 aliphatic carbocycles. The molecule has 0 bridgehead atoms. The van der Waals surface area contributed by atoms with Gasteiger partial charge in [0.05, 0.1) is 23.9 Å². The van der Waals surface area contributed by atoms with E-state index in [9.17, 15) is 28.4 Å². The molecule has 1 aromatic carbocycles. The van der Waals surface area contributed by atoms with E-state index >= 15 is 0 Å². The normalized spacial score (nSPS) is 19.9. The van der Waals surface area contributed by atoms with Gasteiger partial charge in [0.25, 0.3) is 5.69 Å². The van der Waals surface area contributed by atoms with Gasteiger partial charge in [0, 0.05) is 31.9 Å². The second-order valence-electron chi connectivity index (χ2n) is 8.81. The summed E-state index contributed by atoms with van der Waals surface area (Å²) in [5.41, 5.74) is -3.01. The van der Waals surface area contributed by atoms with Gasteiger partial charge in [-0.05, 0) is 33.8 Å². The summed E-state index contributed by atoms with van der Waals surface area (Å²) in [5.74, 6) is -1.32. The van der Waals surface area contributed by atoms with Gasteiger partial charge < -0.3 is 19.3 Å². The quantitative estimate of drug-likeness (QED) is 0.254. The number of phenolic OH excluding ortho intramolecular Hbond substituents is 1. The summed E-state index contributed by atoms with van der Waals surface area (Å²) in [5, 5.41) is 21.7. The first-order chi connectivity index (χ1) is 15.6. The van der Waals surface area contributed by atoms with Crippen molar-refractivity contribution in [3.63, 3.8) is 0 Å². The number of nitro benzene ring substituents is 1. The molecule has 1 atom stereocenters. The zero-order valence-electron chi connectivity index (χ0n) is 20.0. The highest BCUT2D eigenvalue weighted by Crippen LogP contribution is 2.39. The summed E-state index contributed by atoms with van der Waals surface area (Å²) in [6.45, 7) is 6.24. The number of phenols is 1. The number of guanidine groups is 1. The molecule has 0 saturated heterocycles. The van der Waals surface area contributed by atoms with E-state index in [0.717, 1.165) is 27.4 Å². The van der Waals surface area contributed by atoms with E-state index in [-0.39, 0.29) is 36.2 Å². The van der Waals surface area contributed by atoms with Crippen molar-refractivity contribution in [1.29, 1.82) is 0 Å². The molecule has 1 amide bonds. The van der Waals surface area contributed by atoms with Crippen LogP contribution in [0.5, 0.6) is 5.75 Å². The number of ether oxygens (including phenoxy) is 3. The van der Waals surface area contributed by atoms with Gasteiger partial charge in [-0.25, -0.2) is 27.4 Å². The highest BCUT2D eigenvalue weighted by molar-refractivity contribution is 7.89. The molecule has 1 aliphatic rings. The second kappa shape index (κ2) is 10.1. The zero-order chi connectivity index (χ0) is 25.9. The molecular weight excluding hydrogens is 472 g/mol. The van der Waals surface area contributed by atoms with Gasteiger partial charge in [0.1, 0.15) is 23.6 Å². The van der Waals surface area contributed by atoms with Crippen LogP contribution in [0.15, 0.2) is 23.2 Å².